The van der Waals surface area contributed by atoms with E-state index in [1.807, 2.05) is 110 Å². The van der Waals surface area contributed by atoms with Crippen molar-refractivity contribution in [2.45, 2.75) is 194 Å². The fourth-order valence-corrected chi connectivity index (χ4v) is 22.4. The summed E-state index contributed by atoms with van der Waals surface area (Å²) in [5, 5.41) is 27.5. The number of piperidine rings is 4. The normalized spacial score (nSPS) is 20.6. The molecular formula is C102H101Cl5F6N12O9S. The number of fused-ring (bicyclic) bond motifs is 8. The number of hydrogen-bond acceptors (Lipinski definition) is 18. The fourth-order valence-electron chi connectivity index (χ4n) is 20.0. The molecule has 21 nitrogen and oxygen atoms in total. The zero-order chi connectivity index (χ0) is 95.5. The molecule has 16 heterocycles. The number of ether oxygens (including phenoxy) is 5. The average molecular weight is 1960 g/mol. The standard InChI is InChI=1S/C28H28Cl2F2N2O2.C26H26ClF2N3O2.C24H22ClF2N3O4S.C24H25ClN4O/c1-26(2,19-6-8-22(9-7-19)35-27(3,31)32)34-13-10-28(11-14-34)25-23(5-4-12-33-25)24(36-28)18-15-20(29)17-21(30)16-18;1-17(22-8-7-18(16-30-22)25(2,28)29)31-13-10-26(11-14-31)21-6-4-3-5-20(21)24(34-26)23-15-19(27)9-12-32(23)33;1-23(26,27)16-6-7-21(28-15-16)35(32,33)29-12-9-24(10-13-29)19-5-3-2-4-18(19)22(34-24)20-14-17(25)8-11-30(20)31;1-16-5-6-20(28-15-16)17(2)29-12-8-24(9-13-29)23-19(4-3-10-27-23)22(30-24)21-14-18(25)7-11-26-21/h4-9,12,15-17,24H,10-11,13-14H2,1-3H3;3-9,12,15-17,24H,10-11,13-14H2,1-2H3;2-8,11,14-15,22H,9-10,12-13H2,1H3;3-7,10-11,14-15,17,22H,8-9,12-13H2,1-2H3. The van der Waals surface area contributed by atoms with E-state index in [-0.39, 0.29) is 70.4 Å². The molecule has 0 amide bonds. The van der Waals surface area contributed by atoms with Crippen molar-refractivity contribution in [3.05, 3.63) is 374 Å². The molecule has 4 saturated heterocycles. The quantitative estimate of drug-likeness (QED) is 0.0498. The highest BCUT2D eigenvalue weighted by Gasteiger charge is 2.55. The number of alkyl halides is 6. The van der Waals surface area contributed by atoms with E-state index in [1.54, 1.807) is 54.7 Å². The van der Waals surface area contributed by atoms with Gasteiger partial charge in [-0.1, -0.05) is 137 Å². The second kappa shape index (κ2) is 38.5. The van der Waals surface area contributed by atoms with E-state index in [1.165, 1.54) is 40.6 Å². The zero-order valence-electron chi connectivity index (χ0n) is 75.4. The molecule has 4 fully saturated rings. The first kappa shape index (κ1) is 96.8. The number of pyridine rings is 8. The van der Waals surface area contributed by atoms with Gasteiger partial charge < -0.3 is 34.1 Å². The van der Waals surface area contributed by atoms with Crippen molar-refractivity contribution < 1.29 is 67.9 Å². The Bertz CT molecular complexity index is 6380. The predicted octanol–water partition coefficient (Wildman–Crippen LogP) is 22.7. The van der Waals surface area contributed by atoms with Crippen LogP contribution in [-0.4, -0.2) is 116 Å². The van der Waals surface area contributed by atoms with Crippen LogP contribution in [0.25, 0.3) is 0 Å². The molecule has 135 heavy (non-hydrogen) atoms. The van der Waals surface area contributed by atoms with Gasteiger partial charge in [-0.05, 0) is 210 Å². The Kier molecular flexibility index (Phi) is 27.6. The van der Waals surface area contributed by atoms with Crippen LogP contribution in [-0.2, 0) is 68.8 Å². The average Bonchev–Trinajstić information content (AvgIpc) is 1.59. The van der Waals surface area contributed by atoms with E-state index >= 15 is 0 Å². The van der Waals surface area contributed by atoms with Crippen molar-refractivity contribution in [1.82, 2.24) is 48.9 Å². The number of benzene rings is 4. The molecule has 706 valence electrons. The van der Waals surface area contributed by atoms with Crippen LogP contribution in [0.1, 0.15) is 237 Å². The van der Waals surface area contributed by atoms with Gasteiger partial charge in [-0.3, -0.25) is 39.6 Å². The van der Waals surface area contributed by atoms with Crippen molar-refractivity contribution in [2.24, 2.45) is 0 Å². The van der Waals surface area contributed by atoms with Crippen molar-refractivity contribution in [1.29, 1.82) is 0 Å². The van der Waals surface area contributed by atoms with Gasteiger partial charge in [0.05, 0.1) is 49.7 Å². The molecule has 20 rings (SSSR count). The van der Waals surface area contributed by atoms with Crippen molar-refractivity contribution in [3.63, 3.8) is 0 Å². The number of aromatic nitrogens is 8. The molecule has 8 aliphatic rings. The minimum absolute atomic E-state index is 0.0129. The molecule has 4 aromatic carbocycles. The van der Waals surface area contributed by atoms with Crippen molar-refractivity contribution in [3.8, 4) is 5.75 Å². The maximum Gasteiger partial charge on any atom is 0.394 e. The number of halogens is 11. The highest BCUT2D eigenvalue weighted by Crippen LogP contribution is 2.57. The van der Waals surface area contributed by atoms with Crippen molar-refractivity contribution >= 4 is 68.0 Å². The summed E-state index contributed by atoms with van der Waals surface area (Å²) in [4.78, 5) is 34.0. The summed E-state index contributed by atoms with van der Waals surface area (Å²) in [6.07, 6.45) is 12.9. The Morgan fingerprint density at radius 3 is 1.35 bits per heavy atom. The Morgan fingerprint density at radius 2 is 0.874 bits per heavy atom. The molecule has 6 atom stereocenters. The van der Waals surface area contributed by atoms with Crippen LogP contribution in [0.2, 0.25) is 25.1 Å². The van der Waals surface area contributed by atoms with Gasteiger partial charge in [0.25, 0.3) is 21.9 Å². The van der Waals surface area contributed by atoms with Crippen LogP contribution < -0.4 is 14.2 Å². The minimum Gasteiger partial charge on any atom is -0.618 e. The third-order valence-electron chi connectivity index (χ3n) is 27.5. The van der Waals surface area contributed by atoms with Gasteiger partial charge in [-0.15, -0.1) is 0 Å². The van der Waals surface area contributed by atoms with Gasteiger partial charge >= 0.3 is 6.11 Å². The predicted molar refractivity (Wildman–Crippen MR) is 501 cm³/mol. The molecule has 4 spiro atoms. The number of hydrogen-bond donors (Lipinski definition) is 0. The van der Waals surface area contributed by atoms with Crippen LogP contribution in [0.15, 0.2) is 243 Å². The van der Waals surface area contributed by atoms with E-state index in [2.05, 4.69) is 97.4 Å². The third-order valence-corrected chi connectivity index (χ3v) is 30.4. The number of sulfonamides is 1. The molecule has 6 unspecified atom stereocenters. The summed E-state index contributed by atoms with van der Waals surface area (Å²) in [5.74, 6) is -5.86. The first-order valence-corrected chi connectivity index (χ1v) is 48.2. The number of rotatable bonds is 16. The largest absolute Gasteiger partial charge is 0.618 e. The van der Waals surface area contributed by atoms with Gasteiger partial charge in [0.2, 0.25) is 11.4 Å². The van der Waals surface area contributed by atoms with Gasteiger partial charge in [-0.2, -0.15) is 22.5 Å². The lowest BCUT2D eigenvalue weighted by Crippen LogP contribution is -2.50. The monoisotopic (exact) mass is 1960 g/mol. The molecule has 0 bridgehead atoms. The lowest BCUT2D eigenvalue weighted by atomic mass is 9.83. The van der Waals surface area contributed by atoms with Crippen LogP contribution >= 0.6 is 58.0 Å². The Morgan fingerprint density at radius 1 is 0.437 bits per heavy atom. The van der Waals surface area contributed by atoms with Gasteiger partial charge in [0.15, 0.2) is 29.6 Å². The maximum atomic E-state index is 13.5. The second-order valence-electron chi connectivity index (χ2n) is 36.5. The SMILES string of the molecule is CC(F)(F)Oc1ccc(C(C)(C)N2CCC3(CC2)OC(c2cc(Cl)cc(Cl)c2)c2cccnc23)cc1.CC(F)(F)c1ccc(S(=O)(=O)N2CCC3(CC2)OC(c2cc(Cl)cc[n+]2[O-])c2ccccc23)nc1.CC(c1ccc(C(C)(F)F)cn1)N1CCC2(CC1)OC(c1cc(Cl)cc[n+]1[O-])c1ccccc12.Cc1ccc(C(C)N2CCC3(CC2)OC(c2cc(Cl)ccn2)c2cccnc23)nc1. The van der Waals surface area contributed by atoms with E-state index in [4.69, 9.17) is 86.9 Å². The van der Waals surface area contributed by atoms with E-state index in [0.717, 1.165) is 199 Å². The smallest absolute Gasteiger partial charge is 0.394 e. The topological polar surface area (TPSA) is 224 Å². The van der Waals surface area contributed by atoms with E-state index in [0.29, 0.717) is 49.3 Å². The molecule has 0 saturated carbocycles. The molecule has 8 aliphatic heterocycles. The first-order valence-electron chi connectivity index (χ1n) is 44.9. The van der Waals surface area contributed by atoms with Crippen molar-refractivity contribution in [2.75, 3.05) is 52.4 Å². The molecule has 0 radical (unpaired) electrons. The molecule has 12 aromatic rings. The molecule has 8 aromatic heterocycles. The molecule has 0 aliphatic carbocycles. The summed E-state index contributed by atoms with van der Waals surface area (Å²) < 4.78 is 141. The van der Waals surface area contributed by atoms with E-state index in [9.17, 15) is 45.2 Å². The summed E-state index contributed by atoms with van der Waals surface area (Å²) >= 11 is 31.1. The lowest BCUT2D eigenvalue weighted by molar-refractivity contribution is -0.618. The maximum absolute atomic E-state index is 13.5. The third kappa shape index (κ3) is 20.2. The number of likely N-dealkylation sites (tertiary alicyclic amines) is 3. The Labute approximate surface area is 805 Å². The summed E-state index contributed by atoms with van der Waals surface area (Å²) in [6, 6.07) is 56.0. The zero-order valence-corrected chi connectivity index (χ0v) is 80.0. The molecule has 0 N–H and O–H groups in total. The first-order chi connectivity index (χ1) is 64.2. The molecular weight excluding hydrogens is 1860 g/mol. The van der Waals surface area contributed by atoms with Gasteiger partial charge in [0.1, 0.15) is 29.2 Å². The van der Waals surface area contributed by atoms with Crippen LogP contribution in [0, 0.1) is 17.3 Å². The number of aryl methyl sites for hydroxylation is 1. The molecule has 33 heteroatoms. The Hall–Kier alpha value is -9.86. The highest BCUT2D eigenvalue weighted by atomic mass is 35.5. The summed E-state index contributed by atoms with van der Waals surface area (Å²) in [6.45, 7) is 18.2. The summed E-state index contributed by atoms with van der Waals surface area (Å²) in [7, 11) is -3.98. The number of nitrogens with zero attached hydrogens (tertiary/aromatic N) is 12. The van der Waals surface area contributed by atoms with Gasteiger partial charge in [0, 0.05) is 190 Å². The second-order valence-corrected chi connectivity index (χ2v) is 40.6. The van der Waals surface area contributed by atoms with Crippen LogP contribution in [0.4, 0.5) is 26.3 Å². The minimum atomic E-state index is -3.98. The lowest BCUT2D eigenvalue weighted by Gasteiger charge is -2.46. The van der Waals surface area contributed by atoms with Gasteiger partial charge in [-0.25, -0.2) is 31.0 Å². The summed E-state index contributed by atoms with van der Waals surface area (Å²) in [5.41, 5.74) is 11.9. The highest BCUT2D eigenvalue weighted by molar-refractivity contribution is 7.89. The Balaban J connectivity index is 0.000000125. The fraction of sp³-hybridized carbons (Fsp3) is 0.373. The van der Waals surface area contributed by atoms with Crippen LogP contribution in [0.5, 0.6) is 5.75 Å². The van der Waals surface area contributed by atoms with Crippen LogP contribution in [0.3, 0.4) is 0 Å². The van der Waals surface area contributed by atoms with E-state index < -0.39 is 57.0 Å².